The van der Waals surface area contributed by atoms with Crippen LogP contribution in [0.3, 0.4) is 0 Å². The van der Waals surface area contributed by atoms with Gasteiger partial charge in [0.2, 0.25) is 0 Å². The molecule has 2 rings (SSSR count). The third-order valence-electron chi connectivity index (χ3n) is 2.13. The molecule has 0 unspecified atom stereocenters. The number of halogens is 1. The predicted molar refractivity (Wildman–Crippen MR) is 63.2 cm³/mol. The molecule has 2 aromatic rings. The third-order valence-corrected chi connectivity index (χ3v) is 3.06. The van der Waals surface area contributed by atoms with E-state index in [0.29, 0.717) is 11.4 Å². The van der Waals surface area contributed by atoms with Crippen LogP contribution in [-0.2, 0) is 0 Å². The summed E-state index contributed by atoms with van der Waals surface area (Å²) in [5.74, 6) is -0.291. The summed E-state index contributed by atoms with van der Waals surface area (Å²) in [5.41, 5.74) is 8.02. The number of rotatable bonds is 2. The largest absolute Gasteiger partial charge is 0.397 e. The molecule has 0 atom stereocenters. The number of nitrogens with two attached hydrogens (primary N) is 1. The van der Waals surface area contributed by atoms with E-state index in [2.05, 4.69) is 5.32 Å². The standard InChI is InChI=1S/C11H11FN2S/c1-7-4-5-15-11(7)14-10-6-8(12)2-3-9(10)13/h2-6,14H,13H2,1H3. The van der Waals surface area contributed by atoms with Gasteiger partial charge in [-0.3, -0.25) is 0 Å². The maximum absolute atomic E-state index is 13.0. The van der Waals surface area contributed by atoms with Crippen molar-refractivity contribution in [2.45, 2.75) is 6.92 Å². The van der Waals surface area contributed by atoms with Crippen molar-refractivity contribution in [3.63, 3.8) is 0 Å². The zero-order valence-corrected chi connectivity index (χ0v) is 9.07. The first-order valence-electron chi connectivity index (χ1n) is 4.53. The van der Waals surface area contributed by atoms with Crippen molar-refractivity contribution < 1.29 is 4.39 Å². The second-order valence-corrected chi connectivity index (χ2v) is 4.21. The Labute approximate surface area is 91.5 Å². The minimum atomic E-state index is -0.291. The molecule has 0 fully saturated rings. The second-order valence-electron chi connectivity index (χ2n) is 3.29. The highest BCUT2D eigenvalue weighted by molar-refractivity contribution is 7.14. The summed E-state index contributed by atoms with van der Waals surface area (Å²) in [5, 5.41) is 6.09. The molecular formula is C11H11FN2S. The molecule has 2 nitrogen and oxygen atoms in total. The number of anilines is 3. The smallest absolute Gasteiger partial charge is 0.125 e. The average molecular weight is 222 g/mol. The monoisotopic (exact) mass is 222 g/mol. The second kappa shape index (κ2) is 3.90. The molecule has 0 aliphatic carbocycles. The van der Waals surface area contributed by atoms with Crippen molar-refractivity contribution in [2.75, 3.05) is 11.1 Å². The summed E-state index contributed by atoms with van der Waals surface area (Å²) >= 11 is 1.57. The number of nitrogen functional groups attached to an aromatic ring is 1. The Balaban J connectivity index is 2.32. The SMILES string of the molecule is Cc1ccsc1Nc1cc(F)ccc1N. The number of hydrogen-bond acceptors (Lipinski definition) is 3. The van der Waals surface area contributed by atoms with Crippen LogP contribution < -0.4 is 11.1 Å². The highest BCUT2D eigenvalue weighted by Crippen LogP contribution is 2.29. The number of benzene rings is 1. The highest BCUT2D eigenvalue weighted by Gasteiger charge is 2.04. The molecule has 0 aliphatic rings. The van der Waals surface area contributed by atoms with Crippen molar-refractivity contribution in [2.24, 2.45) is 0 Å². The third kappa shape index (κ3) is 2.10. The number of nitrogens with one attached hydrogen (secondary N) is 1. The summed E-state index contributed by atoms with van der Waals surface area (Å²) in [7, 11) is 0. The van der Waals surface area contributed by atoms with Crippen molar-refractivity contribution >= 4 is 27.7 Å². The van der Waals surface area contributed by atoms with Gasteiger partial charge >= 0.3 is 0 Å². The van der Waals surface area contributed by atoms with E-state index in [0.717, 1.165) is 10.6 Å². The van der Waals surface area contributed by atoms with Crippen molar-refractivity contribution in [1.29, 1.82) is 0 Å². The van der Waals surface area contributed by atoms with E-state index in [1.54, 1.807) is 17.4 Å². The molecule has 0 amide bonds. The van der Waals surface area contributed by atoms with Gasteiger partial charge in [-0.25, -0.2) is 4.39 Å². The van der Waals surface area contributed by atoms with Crippen LogP contribution in [0.2, 0.25) is 0 Å². The molecule has 1 aromatic carbocycles. The molecule has 3 N–H and O–H groups in total. The molecule has 0 aliphatic heterocycles. The van der Waals surface area contributed by atoms with Crippen LogP contribution in [0.5, 0.6) is 0 Å². The van der Waals surface area contributed by atoms with Gasteiger partial charge < -0.3 is 11.1 Å². The summed E-state index contributed by atoms with van der Waals surface area (Å²) in [6.45, 7) is 1.99. The number of hydrogen-bond donors (Lipinski definition) is 2. The number of thiophene rings is 1. The van der Waals surface area contributed by atoms with E-state index in [1.807, 2.05) is 18.4 Å². The Morgan fingerprint density at radius 1 is 1.33 bits per heavy atom. The van der Waals surface area contributed by atoms with Gasteiger partial charge in [0.1, 0.15) is 5.82 Å². The Kier molecular flexibility index (Phi) is 2.60. The minimum Gasteiger partial charge on any atom is -0.397 e. The van der Waals surface area contributed by atoms with Gasteiger partial charge in [-0.1, -0.05) is 0 Å². The minimum absolute atomic E-state index is 0.291. The fourth-order valence-electron chi connectivity index (χ4n) is 1.26. The van der Waals surface area contributed by atoms with Gasteiger partial charge in [0.25, 0.3) is 0 Å². The first kappa shape index (κ1) is 9.98. The molecule has 0 saturated carbocycles. The first-order chi connectivity index (χ1) is 7.16. The molecule has 0 saturated heterocycles. The van der Waals surface area contributed by atoms with E-state index in [1.165, 1.54) is 12.1 Å². The molecular weight excluding hydrogens is 211 g/mol. The normalized spacial score (nSPS) is 10.3. The van der Waals surface area contributed by atoms with Gasteiger partial charge in [-0.2, -0.15) is 0 Å². The van der Waals surface area contributed by atoms with Gasteiger partial charge in [0.15, 0.2) is 0 Å². The molecule has 0 bridgehead atoms. The summed E-state index contributed by atoms with van der Waals surface area (Å²) in [6.07, 6.45) is 0. The van der Waals surface area contributed by atoms with Gasteiger partial charge in [-0.15, -0.1) is 11.3 Å². The maximum atomic E-state index is 13.0. The molecule has 4 heteroatoms. The van der Waals surface area contributed by atoms with Crippen LogP contribution in [0.25, 0.3) is 0 Å². The summed E-state index contributed by atoms with van der Waals surface area (Å²) < 4.78 is 13.0. The zero-order valence-electron chi connectivity index (χ0n) is 8.25. The highest BCUT2D eigenvalue weighted by atomic mass is 32.1. The van der Waals surface area contributed by atoms with Crippen LogP contribution in [-0.4, -0.2) is 0 Å². The van der Waals surface area contributed by atoms with Gasteiger partial charge in [-0.05, 0) is 42.1 Å². The van der Waals surface area contributed by atoms with Gasteiger partial charge in [0, 0.05) is 0 Å². The Hall–Kier alpha value is -1.55. The van der Waals surface area contributed by atoms with Crippen LogP contribution in [0, 0.1) is 12.7 Å². The first-order valence-corrected chi connectivity index (χ1v) is 5.41. The van der Waals surface area contributed by atoms with Crippen LogP contribution >= 0.6 is 11.3 Å². The fraction of sp³-hybridized carbons (Fsp3) is 0.0909. The van der Waals surface area contributed by atoms with E-state index in [9.17, 15) is 4.39 Å². The predicted octanol–water partition coefficient (Wildman–Crippen LogP) is 3.52. The molecule has 1 heterocycles. The van der Waals surface area contributed by atoms with Crippen LogP contribution in [0.1, 0.15) is 5.56 Å². The van der Waals surface area contributed by atoms with Crippen molar-refractivity contribution in [3.8, 4) is 0 Å². The van der Waals surface area contributed by atoms with E-state index >= 15 is 0 Å². The van der Waals surface area contributed by atoms with E-state index < -0.39 is 0 Å². The Bertz CT molecular complexity index is 479. The van der Waals surface area contributed by atoms with Crippen LogP contribution in [0.15, 0.2) is 29.6 Å². The Morgan fingerprint density at radius 3 is 2.80 bits per heavy atom. The molecule has 78 valence electrons. The molecule has 1 aromatic heterocycles. The average Bonchev–Trinajstić information content (AvgIpc) is 2.58. The van der Waals surface area contributed by atoms with Crippen molar-refractivity contribution in [1.82, 2.24) is 0 Å². The lowest BCUT2D eigenvalue weighted by Gasteiger charge is -2.08. The lowest BCUT2D eigenvalue weighted by atomic mass is 10.2. The molecule has 15 heavy (non-hydrogen) atoms. The lowest BCUT2D eigenvalue weighted by Crippen LogP contribution is -1.96. The molecule has 0 radical (unpaired) electrons. The van der Waals surface area contributed by atoms with Crippen LogP contribution in [0.4, 0.5) is 20.8 Å². The quantitative estimate of drug-likeness (QED) is 0.763. The Morgan fingerprint density at radius 2 is 2.13 bits per heavy atom. The fourth-order valence-corrected chi connectivity index (χ4v) is 2.09. The van der Waals surface area contributed by atoms with E-state index in [-0.39, 0.29) is 5.82 Å². The zero-order chi connectivity index (χ0) is 10.8. The number of aryl methyl sites for hydroxylation is 1. The van der Waals surface area contributed by atoms with Gasteiger partial charge in [0.05, 0.1) is 16.4 Å². The lowest BCUT2D eigenvalue weighted by molar-refractivity contribution is 0.628. The van der Waals surface area contributed by atoms with E-state index in [4.69, 9.17) is 5.73 Å². The molecule has 0 spiro atoms. The summed E-state index contributed by atoms with van der Waals surface area (Å²) in [4.78, 5) is 0. The summed E-state index contributed by atoms with van der Waals surface area (Å²) in [6, 6.07) is 6.30. The maximum Gasteiger partial charge on any atom is 0.125 e. The topological polar surface area (TPSA) is 38.0 Å². The van der Waals surface area contributed by atoms with Crippen molar-refractivity contribution in [3.05, 3.63) is 41.0 Å².